The summed E-state index contributed by atoms with van der Waals surface area (Å²) in [5, 5.41) is 3.74. The molecule has 0 saturated heterocycles. The third-order valence-corrected chi connectivity index (χ3v) is 8.69. The summed E-state index contributed by atoms with van der Waals surface area (Å²) in [6.45, 7) is 3.18. The molecule has 0 spiro atoms. The number of nitrogens with zero attached hydrogens (tertiary/aromatic N) is 2. The van der Waals surface area contributed by atoms with Gasteiger partial charge in [-0.2, -0.15) is 0 Å². The summed E-state index contributed by atoms with van der Waals surface area (Å²) in [5.74, 6) is -0.845. The summed E-state index contributed by atoms with van der Waals surface area (Å²) in [7, 11) is -2.89. The van der Waals surface area contributed by atoms with E-state index in [1.54, 1.807) is 43.3 Å². The first-order chi connectivity index (χ1) is 19.0. The molecule has 0 radical (unpaired) electrons. The molecule has 40 heavy (non-hydrogen) atoms. The fourth-order valence-electron chi connectivity index (χ4n) is 3.90. The van der Waals surface area contributed by atoms with Crippen LogP contribution in [0.2, 0.25) is 15.1 Å². The predicted molar refractivity (Wildman–Crippen MR) is 159 cm³/mol. The average molecular weight is 627 g/mol. The van der Waals surface area contributed by atoms with Crippen LogP contribution in [-0.4, -0.2) is 51.4 Å². The number of halogens is 3. The van der Waals surface area contributed by atoms with Crippen LogP contribution in [0.4, 0.5) is 5.69 Å². The van der Waals surface area contributed by atoms with Crippen molar-refractivity contribution >= 4 is 62.3 Å². The van der Waals surface area contributed by atoms with Crippen LogP contribution in [0.25, 0.3) is 0 Å². The molecule has 0 aliphatic heterocycles. The number of ether oxygens (including phenoxy) is 1. The number of amides is 2. The van der Waals surface area contributed by atoms with E-state index in [1.807, 2.05) is 6.92 Å². The van der Waals surface area contributed by atoms with E-state index in [4.69, 9.17) is 39.5 Å². The van der Waals surface area contributed by atoms with Gasteiger partial charge in [0.15, 0.2) is 0 Å². The van der Waals surface area contributed by atoms with Crippen molar-refractivity contribution < 1.29 is 22.7 Å². The summed E-state index contributed by atoms with van der Waals surface area (Å²) in [5.41, 5.74) is 0.604. The third-order valence-electron chi connectivity index (χ3n) is 6.09. The van der Waals surface area contributed by atoms with Gasteiger partial charge in [0.2, 0.25) is 11.8 Å². The van der Waals surface area contributed by atoms with Crippen molar-refractivity contribution in [1.82, 2.24) is 10.2 Å². The monoisotopic (exact) mass is 625 g/mol. The highest BCUT2D eigenvalue weighted by molar-refractivity contribution is 7.92. The largest absolute Gasteiger partial charge is 0.495 e. The van der Waals surface area contributed by atoms with Crippen LogP contribution in [0.5, 0.6) is 5.75 Å². The zero-order chi connectivity index (χ0) is 29.4. The van der Waals surface area contributed by atoms with Crippen molar-refractivity contribution in [2.24, 2.45) is 0 Å². The minimum atomic E-state index is -4.28. The summed E-state index contributed by atoms with van der Waals surface area (Å²) >= 11 is 18.7. The molecule has 0 fully saturated rings. The van der Waals surface area contributed by atoms with Crippen LogP contribution in [0.3, 0.4) is 0 Å². The van der Waals surface area contributed by atoms with Gasteiger partial charge in [-0.3, -0.25) is 13.9 Å². The van der Waals surface area contributed by atoms with E-state index in [9.17, 15) is 18.0 Å². The molecule has 0 aliphatic rings. The predicted octanol–water partition coefficient (Wildman–Crippen LogP) is 5.79. The molecular weight excluding hydrogens is 597 g/mol. The number of anilines is 1. The van der Waals surface area contributed by atoms with E-state index >= 15 is 0 Å². The number of sulfonamides is 1. The van der Waals surface area contributed by atoms with Crippen LogP contribution in [0.1, 0.15) is 25.8 Å². The van der Waals surface area contributed by atoms with Gasteiger partial charge in [-0.15, -0.1) is 0 Å². The fourth-order valence-corrected chi connectivity index (χ4v) is 5.98. The first kappa shape index (κ1) is 31.5. The van der Waals surface area contributed by atoms with Gasteiger partial charge in [-0.25, -0.2) is 8.42 Å². The molecule has 3 aromatic carbocycles. The van der Waals surface area contributed by atoms with Crippen molar-refractivity contribution in [3.8, 4) is 5.75 Å². The Balaban J connectivity index is 2.10. The average Bonchev–Trinajstić information content (AvgIpc) is 2.94. The third kappa shape index (κ3) is 7.60. The zero-order valence-corrected chi connectivity index (χ0v) is 25.3. The van der Waals surface area contributed by atoms with Gasteiger partial charge in [0.05, 0.1) is 17.7 Å². The second kappa shape index (κ2) is 14.1. The number of methoxy groups -OCH3 is 1. The van der Waals surface area contributed by atoms with Crippen LogP contribution in [-0.2, 0) is 26.2 Å². The Morgan fingerprint density at radius 1 is 0.975 bits per heavy atom. The molecule has 8 nitrogen and oxygen atoms in total. The molecule has 0 saturated carbocycles. The Hall–Kier alpha value is -2.98. The lowest BCUT2D eigenvalue weighted by Crippen LogP contribution is -2.51. The number of benzene rings is 3. The lowest BCUT2D eigenvalue weighted by Gasteiger charge is -2.32. The Morgan fingerprint density at radius 2 is 1.62 bits per heavy atom. The molecule has 0 bridgehead atoms. The highest BCUT2D eigenvalue weighted by atomic mass is 35.5. The van der Waals surface area contributed by atoms with E-state index in [0.29, 0.717) is 28.6 Å². The molecule has 0 aromatic heterocycles. The number of nitrogens with one attached hydrogen (secondary N) is 1. The smallest absolute Gasteiger partial charge is 0.264 e. The molecule has 2 amide bonds. The highest BCUT2D eigenvalue weighted by Gasteiger charge is 2.34. The molecule has 0 heterocycles. The first-order valence-electron chi connectivity index (χ1n) is 12.4. The topological polar surface area (TPSA) is 96.0 Å². The van der Waals surface area contributed by atoms with Crippen molar-refractivity contribution in [1.29, 1.82) is 0 Å². The van der Waals surface area contributed by atoms with Crippen molar-refractivity contribution in [3.63, 3.8) is 0 Å². The van der Waals surface area contributed by atoms with Gasteiger partial charge in [0.25, 0.3) is 10.0 Å². The maximum absolute atomic E-state index is 14.0. The Morgan fingerprint density at radius 3 is 2.25 bits per heavy atom. The van der Waals surface area contributed by atoms with Crippen molar-refractivity contribution in [3.05, 3.63) is 87.4 Å². The Kier molecular flexibility index (Phi) is 11.1. The van der Waals surface area contributed by atoms with E-state index in [1.165, 1.54) is 42.3 Å². The zero-order valence-electron chi connectivity index (χ0n) is 22.2. The van der Waals surface area contributed by atoms with Crippen LogP contribution >= 0.6 is 34.8 Å². The molecule has 1 N–H and O–H groups in total. The van der Waals surface area contributed by atoms with E-state index in [2.05, 4.69) is 5.32 Å². The van der Waals surface area contributed by atoms with Gasteiger partial charge < -0.3 is 15.0 Å². The second-order valence-electron chi connectivity index (χ2n) is 8.87. The van der Waals surface area contributed by atoms with Gasteiger partial charge in [0.1, 0.15) is 18.3 Å². The van der Waals surface area contributed by atoms with Crippen molar-refractivity contribution in [2.75, 3.05) is 24.5 Å². The summed E-state index contributed by atoms with van der Waals surface area (Å²) in [6.07, 6.45) is 0.701. The lowest BCUT2D eigenvalue weighted by molar-refractivity contribution is -0.139. The van der Waals surface area contributed by atoms with E-state index in [0.717, 1.165) is 4.31 Å². The Labute approximate surface area is 249 Å². The maximum Gasteiger partial charge on any atom is 0.264 e. The maximum atomic E-state index is 14.0. The summed E-state index contributed by atoms with van der Waals surface area (Å²) in [6, 6.07) is 16.0. The molecule has 0 unspecified atom stereocenters. The number of hydrogen-bond acceptors (Lipinski definition) is 5. The normalized spacial score (nSPS) is 11.9. The fraction of sp³-hybridized carbons (Fsp3) is 0.286. The van der Waals surface area contributed by atoms with E-state index in [-0.39, 0.29) is 27.9 Å². The van der Waals surface area contributed by atoms with Crippen LogP contribution < -0.4 is 14.4 Å². The molecule has 1 atom stereocenters. The van der Waals surface area contributed by atoms with Crippen LogP contribution in [0.15, 0.2) is 71.6 Å². The number of hydrogen-bond donors (Lipinski definition) is 1. The summed E-state index contributed by atoms with van der Waals surface area (Å²) < 4.78 is 34.2. The number of carbonyl (C=O) groups excluding carboxylic acids is 2. The molecular formula is C28H30Cl3N3O5S. The van der Waals surface area contributed by atoms with Crippen molar-refractivity contribution in [2.45, 2.75) is 37.8 Å². The number of rotatable bonds is 12. The first-order valence-corrected chi connectivity index (χ1v) is 15.0. The summed E-state index contributed by atoms with van der Waals surface area (Å²) in [4.78, 5) is 28.2. The molecule has 3 rings (SSSR count). The highest BCUT2D eigenvalue weighted by Crippen LogP contribution is 2.35. The van der Waals surface area contributed by atoms with E-state index < -0.39 is 34.4 Å². The number of carbonyl (C=O) groups is 2. The van der Waals surface area contributed by atoms with Crippen LogP contribution in [0, 0.1) is 0 Å². The van der Waals surface area contributed by atoms with Gasteiger partial charge in [0, 0.05) is 28.2 Å². The second-order valence-corrected chi connectivity index (χ2v) is 12.0. The minimum absolute atomic E-state index is 0.0362. The quantitative estimate of drug-likeness (QED) is 0.274. The molecule has 214 valence electrons. The van der Waals surface area contributed by atoms with Gasteiger partial charge in [-0.05, 0) is 61.4 Å². The Bertz CT molecular complexity index is 1450. The SMILES string of the molecule is CCCNC(=O)[C@H](C)N(Cc1ccc(Cl)cc1Cl)C(=O)CN(c1cc(Cl)ccc1OC)S(=O)(=O)c1ccccc1. The minimum Gasteiger partial charge on any atom is -0.495 e. The van der Waals surface area contributed by atoms with Gasteiger partial charge in [-0.1, -0.05) is 66.0 Å². The molecule has 3 aromatic rings. The standard InChI is InChI=1S/C28H30Cl3N3O5S/c1-4-14-32-28(36)19(2)33(17-20-10-11-21(29)15-24(20)31)27(35)18-34(25-16-22(30)12-13-26(25)39-3)40(37,38)23-8-6-5-7-9-23/h5-13,15-16,19H,4,14,17-18H2,1-3H3,(H,32,36)/t19-/m0/s1. The molecule has 12 heteroatoms. The lowest BCUT2D eigenvalue weighted by atomic mass is 10.1. The van der Waals surface area contributed by atoms with Gasteiger partial charge >= 0.3 is 0 Å². The molecule has 0 aliphatic carbocycles.